The molecule has 3 saturated carbocycles. The third-order valence-corrected chi connectivity index (χ3v) is 10.6. The molecule has 0 N–H and O–H groups in total. The molecular formula is C20H33NO3S. The minimum Gasteiger partial charge on any atom is -0.299 e. The van der Waals surface area contributed by atoms with Gasteiger partial charge in [0, 0.05) is 24.4 Å². The van der Waals surface area contributed by atoms with Crippen molar-refractivity contribution >= 4 is 15.8 Å². The lowest BCUT2D eigenvalue weighted by molar-refractivity contribution is -0.128. The zero-order chi connectivity index (χ0) is 18.0. The first-order valence-electron chi connectivity index (χ1n) is 10.2. The summed E-state index contributed by atoms with van der Waals surface area (Å²) in [4.78, 5) is 12.8. The average Bonchev–Trinajstić information content (AvgIpc) is 2.89. The minimum absolute atomic E-state index is 0.0555. The highest BCUT2D eigenvalue weighted by Crippen LogP contribution is 2.64. The first-order valence-corrected chi connectivity index (χ1v) is 11.8. The zero-order valence-electron chi connectivity index (χ0n) is 16.0. The van der Waals surface area contributed by atoms with Crippen molar-refractivity contribution in [1.82, 2.24) is 4.31 Å². The Morgan fingerprint density at radius 3 is 2.48 bits per heavy atom. The molecule has 0 radical (unpaired) electrons. The van der Waals surface area contributed by atoms with Crippen LogP contribution in [0.4, 0.5) is 0 Å². The number of hydrogen-bond acceptors (Lipinski definition) is 3. The summed E-state index contributed by atoms with van der Waals surface area (Å²) in [5.41, 5.74) is -0.810. The molecule has 4 rings (SSSR count). The van der Waals surface area contributed by atoms with Gasteiger partial charge in [0.1, 0.15) is 5.78 Å². The van der Waals surface area contributed by atoms with Crippen molar-refractivity contribution in [1.29, 1.82) is 0 Å². The molecule has 142 valence electrons. The van der Waals surface area contributed by atoms with Crippen LogP contribution >= 0.6 is 0 Å². The highest BCUT2D eigenvalue weighted by atomic mass is 32.2. The minimum atomic E-state index is -3.40. The molecule has 0 amide bonds. The maximum absolute atomic E-state index is 13.5. The monoisotopic (exact) mass is 367 g/mol. The summed E-state index contributed by atoms with van der Waals surface area (Å²) in [6.45, 7) is 7.20. The van der Waals surface area contributed by atoms with Crippen LogP contribution in [0.15, 0.2) is 0 Å². The molecule has 5 heteroatoms. The summed E-state index contributed by atoms with van der Waals surface area (Å²) in [7, 11) is -3.40. The number of Topliss-reactive ketones (excluding diaryl/α,β-unsaturated/α-hetero) is 1. The number of hydrogen-bond donors (Lipinski definition) is 0. The van der Waals surface area contributed by atoms with Crippen molar-refractivity contribution < 1.29 is 13.2 Å². The molecule has 0 unspecified atom stereocenters. The van der Waals surface area contributed by atoms with Gasteiger partial charge in [-0.05, 0) is 55.3 Å². The lowest BCUT2D eigenvalue weighted by atomic mass is 9.70. The maximum Gasteiger partial charge on any atom is 0.215 e. The standard InChI is InChI=1S/C20H33NO3S/c1-14-9-11-21(17-7-5-4-6-16(14)17)25(23,24)13-20-10-8-15(12-18(20)22)19(20,2)3/h14-17H,4-13H2,1-3H3/t14-,15+,16+,17-,20+/m1/s1. The Balaban J connectivity index is 1.63. The van der Waals surface area contributed by atoms with Crippen molar-refractivity contribution in [2.45, 2.75) is 78.2 Å². The first kappa shape index (κ1) is 18.0. The number of sulfonamides is 1. The van der Waals surface area contributed by atoms with Crippen molar-refractivity contribution in [3.8, 4) is 0 Å². The average molecular weight is 368 g/mol. The Bertz CT molecular complexity index is 670. The Hall–Kier alpha value is -0.420. The molecule has 25 heavy (non-hydrogen) atoms. The van der Waals surface area contributed by atoms with Crippen LogP contribution in [-0.2, 0) is 14.8 Å². The van der Waals surface area contributed by atoms with Crippen LogP contribution in [-0.4, -0.2) is 36.8 Å². The lowest BCUT2D eigenvalue weighted by Gasteiger charge is -2.47. The lowest BCUT2D eigenvalue weighted by Crippen LogP contribution is -2.55. The van der Waals surface area contributed by atoms with E-state index in [2.05, 4.69) is 20.8 Å². The highest BCUT2D eigenvalue weighted by molar-refractivity contribution is 7.89. The van der Waals surface area contributed by atoms with E-state index in [1.54, 1.807) is 0 Å². The van der Waals surface area contributed by atoms with Crippen LogP contribution in [0.1, 0.15) is 72.1 Å². The maximum atomic E-state index is 13.5. The van der Waals surface area contributed by atoms with Crippen LogP contribution < -0.4 is 0 Å². The van der Waals surface area contributed by atoms with E-state index in [1.807, 2.05) is 4.31 Å². The third kappa shape index (κ3) is 2.48. The van der Waals surface area contributed by atoms with Gasteiger partial charge in [0.15, 0.2) is 0 Å². The molecule has 4 nitrogen and oxygen atoms in total. The van der Waals surface area contributed by atoms with Crippen molar-refractivity contribution in [3.05, 3.63) is 0 Å². The van der Waals surface area contributed by atoms with Crippen LogP contribution in [0.2, 0.25) is 0 Å². The van der Waals surface area contributed by atoms with Crippen molar-refractivity contribution in [3.63, 3.8) is 0 Å². The second-order valence-corrected chi connectivity index (χ2v) is 11.7. The number of carbonyl (C=O) groups is 1. The predicted octanol–water partition coefficient (Wildman–Crippen LogP) is 3.61. The van der Waals surface area contributed by atoms with E-state index in [-0.39, 0.29) is 23.0 Å². The number of ketones is 1. The number of rotatable bonds is 3. The molecular weight excluding hydrogens is 334 g/mol. The first-order chi connectivity index (χ1) is 11.7. The fourth-order valence-corrected chi connectivity index (χ4v) is 9.24. The van der Waals surface area contributed by atoms with Crippen molar-refractivity contribution in [2.75, 3.05) is 12.3 Å². The number of fused-ring (bicyclic) bond motifs is 3. The fraction of sp³-hybridized carbons (Fsp3) is 0.950. The largest absolute Gasteiger partial charge is 0.299 e. The van der Waals surface area contributed by atoms with Gasteiger partial charge in [-0.15, -0.1) is 0 Å². The van der Waals surface area contributed by atoms with E-state index < -0.39 is 15.4 Å². The van der Waals surface area contributed by atoms with Crippen molar-refractivity contribution in [2.24, 2.45) is 28.6 Å². The molecule has 5 atom stereocenters. The summed E-state index contributed by atoms with van der Waals surface area (Å²) in [6.07, 6.45) is 7.86. The third-order valence-electron chi connectivity index (χ3n) is 8.61. The predicted molar refractivity (Wildman–Crippen MR) is 98.6 cm³/mol. The molecule has 3 aliphatic carbocycles. The smallest absolute Gasteiger partial charge is 0.215 e. The molecule has 0 aromatic carbocycles. The molecule has 2 bridgehead atoms. The second kappa shape index (κ2) is 5.79. The van der Waals surface area contributed by atoms with Crippen LogP contribution in [0, 0.1) is 28.6 Å². The Kier molecular flexibility index (Phi) is 4.16. The fourth-order valence-electron chi connectivity index (χ4n) is 6.72. The number of carbonyl (C=O) groups excluding carboxylic acids is 1. The molecule has 1 heterocycles. The zero-order valence-corrected chi connectivity index (χ0v) is 16.8. The SMILES string of the molecule is C[C@@H]1CCN(S(=O)(=O)C[C@@]23CC[C@@H](CC2=O)C3(C)C)[C@@H]2CCCC[C@@H]12. The molecule has 4 fully saturated rings. The van der Waals surface area contributed by atoms with Gasteiger partial charge in [-0.1, -0.05) is 33.6 Å². The van der Waals surface area contributed by atoms with Gasteiger partial charge in [0.2, 0.25) is 10.0 Å². The molecule has 4 aliphatic rings. The summed E-state index contributed by atoms with van der Waals surface area (Å²) >= 11 is 0. The van der Waals surface area contributed by atoms with E-state index in [0.717, 1.165) is 38.5 Å². The molecule has 0 aromatic heterocycles. The van der Waals surface area contributed by atoms with Crippen LogP contribution in [0.5, 0.6) is 0 Å². The van der Waals surface area contributed by atoms with Gasteiger partial charge in [0.05, 0.1) is 5.75 Å². The molecule has 0 aromatic rings. The van der Waals surface area contributed by atoms with Gasteiger partial charge in [-0.25, -0.2) is 8.42 Å². The van der Waals surface area contributed by atoms with Crippen LogP contribution in [0.3, 0.4) is 0 Å². The van der Waals surface area contributed by atoms with Gasteiger partial charge in [-0.2, -0.15) is 4.31 Å². The second-order valence-electron chi connectivity index (χ2n) is 9.82. The molecule has 1 saturated heterocycles. The molecule has 1 aliphatic heterocycles. The van der Waals surface area contributed by atoms with Gasteiger partial charge < -0.3 is 0 Å². The topological polar surface area (TPSA) is 54.5 Å². The summed E-state index contributed by atoms with van der Waals surface area (Å²) in [6, 6.07) is 0.177. The Morgan fingerprint density at radius 2 is 1.84 bits per heavy atom. The van der Waals surface area contributed by atoms with Gasteiger partial charge in [0.25, 0.3) is 0 Å². The molecule has 0 spiro atoms. The van der Waals surface area contributed by atoms with Crippen LogP contribution in [0.25, 0.3) is 0 Å². The summed E-state index contributed by atoms with van der Waals surface area (Å²) in [5.74, 6) is 1.77. The van der Waals surface area contributed by atoms with E-state index >= 15 is 0 Å². The quantitative estimate of drug-likeness (QED) is 0.766. The summed E-state index contributed by atoms with van der Waals surface area (Å²) < 4.78 is 28.8. The highest BCUT2D eigenvalue weighted by Gasteiger charge is 2.66. The van der Waals surface area contributed by atoms with Gasteiger partial charge >= 0.3 is 0 Å². The van der Waals surface area contributed by atoms with Gasteiger partial charge in [-0.3, -0.25) is 4.79 Å². The van der Waals surface area contributed by atoms with E-state index in [0.29, 0.717) is 30.7 Å². The van der Waals surface area contributed by atoms with E-state index in [9.17, 15) is 13.2 Å². The normalized spacial score (nSPS) is 44.0. The number of nitrogens with zero attached hydrogens (tertiary/aromatic N) is 1. The number of piperidine rings is 1. The summed E-state index contributed by atoms with van der Waals surface area (Å²) in [5, 5.41) is 0. The van der Waals surface area contributed by atoms with E-state index in [1.165, 1.54) is 6.42 Å². The Labute approximate surface area is 152 Å². The van der Waals surface area contributed by atoms with E-state index in [4.69, 9.17) is 0 Å². The Morgan fingerprint density at radius 1 is 1.12 bits per heavy atom.